The summed E-state index contributed by atoms with van der Waals surface area (Å²) in [4.78, 5) is 11.6. The van der Waals surface area contributed by atoms with Crippen molar-refractivity contribution in [3.63, 3.8) is 0 Å². The lowest BCUT2D eigenvalue weighted by Crippen LogP contribution is -2.20. The highest BCUT2D eigenvalue weighted by molar-refractivity contribution is 9.08. The van der Waals surface area contributed by atoms with E-state index in [-0.39, 0.29) is 5.91 Å². The SMILES string of the molecule is CNC(=O)c1cc(C#N)cc(C#N)c1CBr. The number of carbonyl (C=O) groups is 1. The van der Waals surface area contributed by atoms with Gasteiger partial charge in [-0.15, -0.1) is 0 Å². The van der Waals surface area contributed by atoms with Gasteiger partial charge in [0.25, 0.3) is 5.91 Å². The van der Waals surface area contributed by atoms with Crippen LogP contribution in [0.15, 0.2) is 12.1 Å². The second-order valence-electron chi connectivity index (χ2n) is 2.99. The number of nitrogens with one attached hydrogen (secondary N) is 1. The predicted molar refractivity (Wildman–Crippen MR) is 61.9 cm³/mol. The van der Waals surface area contributed by atoms with Crippen molar-refractivity contribution in [1.82, 2.24) is 5.32 Å². The molecule has 0 spiro atoms. The quantitative estimate of drug-likeness (QED) is 0.836. The molecule has 0 saturated carbocycles. The first-order valence-corrected chi connectivity index (χ1v) is 5.55. The van der Waals surface area contributed by atoms with Crippen LogP contribution < -0.4 is 5.32 Å². The molecule has 0 fully saturated rings. The highest BCUT2D eigenvalue weighted by Crippen LogP contribution is 2.20. The Bertz CT molecular complexity index is 511. The third-order valence-electron chi connectivity index (χ3n) is 2.10. The first-order valence-electron chi connectivity index (χ1n) is 4.43. The smallest absolute Gasteiger partial charge is 0.251 e. The normalized spacial score (nSPS) is 9.00. The Morgan fingerprint density at radius 3 is 2.56 bits per heavy atom. The van der Waals surface area contributed by atoms with Crippen LogP contribution in [0.4, 0.5) is 0 Å². The number of hydrogen-bond acceptors (Lipinski definition) is 3. The van der Waals surface area contributed by atoms with E-state index in [9.17, 15) is 4.79 Å². The van der Waals surface area contributed by atoms with Gasteiger partial charge in [0.1, 0.15) is 0 Å². The standard InChI is InChI=1S/C11H8BrN3O/c1-15-11(16)9-3-7(5-13)2-8(6-14)10(9)4-12/h2-3H,4H2,1H3,(H,15,16). The number of carbonyl (C=O) groups excluding carboxylic acids is 1. The zero-order valence-corrected chi connectivity index (χ0v) is 10.1. The van der Waals surface area contributed by atoms with E-state index >= 15 is 0 Å². The van der Waals surface area contributed by atoms with Crippen LogP contribution in [0.2, 0.25) is 0 Å². The van der Waals surface area contributed by atoms with E-state index in [1.807, 2.05) is 12.1 Å². The molecule has 5 heteroatoms. The summed E-state index contributed by atoms with van der Waals surface area (Å²) >= 11 is 3.23. The lowest BCUT2D eigenvalue weighted by atomic mass is 9.99. The van der Waals surface area contributed by atoms with Gasteiger partial charge < -0.3 is 5.32 Å². The van der Waals surface area contributed by atoms with Crippen LogP contribution >= 0.6 is 15.9 Å². The molecular weight excluding hydrogens is 270 g/mol. The molecule has 4 nitrogen and oxygen atoms in total. The van der Waals surface area contributed by atoms with Crippen molar-refractivity contribution in [2.24, 2.45) is 0 Å². The molecule has 0 aromatic heterocycles. The van der Waals surface area contributed by atoms with Crippen molar-refractivity contribution in [3.05, 3.63) is 34.4 Å². The summed E-state index contributed by atoms with van der Waals surface area (Å²) in [6.45, 7) is 0. The molecule has 1 N–H and O–H groups in total. The Balaban J connectivity index is 3.52. The van der Waals surface area contributed by atoms with E-state index in [1.165, 1.54) is 19.2 Å². The van der Waals surface area contributed by atoms with Gasteiger partial charge in [-0.25, -0.2) is 0 Å². The molecule has 1 rings (SSSR count). The number of amides is 1. The van der Waals surface area contributed by atoms with Crippen molar-refractivity contribution in [2.75, 3.05) is 7.05 Å². The first-order chi connectivity index (χ1) is 7.67. The maximum Gasteiger partial charge on any atom is 0.251 e. The largest absolute Gasteiger partial charge is 0.355 e. The second kappa shape index (κ2) is 5.29. The van der Waals surface area contributed by atoms with Gasteiger partial charge in [-0.2, -0.15) is 10.5 Å². The molecule has 16 heavy (non-hydrogen) atoms. The molecule has 0 aliphatic heterocycles. The minimum absolute atomic E-state index is 0.303. The molecule has 0 aliphatic carbocycles. The highest BCUT2D eigenvalue weighted by atomic mass is 79.9. The molecule has 1 aromatic rings. The number of halogens is 1. The van der Waals surface area contributed by atoms with Crippen molar-refractivity contribution in [3.8, 4) is 12.1 Å². The van der Waals surface area contributed by atoms with Crippen LogP contribution in [-0.4, -0.2) is 13.0 Å². The molecule has 1 aromatic carbocycles. The molecule has 0 aliphatic rings. The summed E-state index contributed by atoms with van der Waals surface area (Å²) in [7, 11) is 1.51. The van der Waals surface area contributed by atoms with Crippen molar-refractivity contribution in [2.45, 2.75) is 5.33 Å². The zero-order valence-electron chi connectivity index (χ0n) is 8.54. The van der Waals surface area contributed by atoms with Crippen molar-refractivity contribution < 1.29 is 4.79 Å². The van der Waals surface area contributed by atoms with Gasteiger partial charge in [0, 0.05) is 17.9 Å². The van der Waals surface area contributed by atoms with Gasteiger partial charge in [0.15, 0.2) is 0 Å². The lowest BCUT2D eigenvalue weighted by Gasteiger charge is -2.08. The Hall–Kier alpha value is -1.85. The number of alkyl halides is 1. The maximum atomic E-state index is 11.6. The van der Waals surface area contributed by atoms with Crippen molar-refractivity contribution in [1.29, 1.82) is 10.5 Å². The fourth-order valence-corrected chi connectivity index (χ4v) is 1.92. The van der Waals surface area contributed by atoms with Crippen LogP contribution in [0.1, 0.15) is 27.0 Å². The minimum atomic E-state index is -0.303. The molecule has 0 saturated heterocycles. The average Bonchev–Trinajstić information content (AvgIpc) is 2.35. The summed E-state index contributed by atoms with van der Waals surface area (Å²) in [6.07, 6.45) is 0. The third kappa shape index (κ3) is 2.21. The van der Waals surface area contributed by atoms with E-state index in [1.54, 1.807) is 0 Å². The number of benzene rings is 1. The Labute approximate surface area is 102 Å². The number of rotatable bonds is 2. The fraction of sp³-hybridized carbons (Fsp3) is 0.182. The Kier molecular flexibility index (Phi) is 4.04. The van der Waals surface area contributed by atoms with Gasteiger partial charge in [0.2, 0.25) is 0 Å². The van der Waals surface area contributed by atoms with Gasteiger partial charge in [-0.3, -0.25) is 4.79 Å². The minimum Gasteiger partial charge on any atom is -0.355 e. The van der Waals surface area contributed by atoms with Crippen LogP contribution in [0.25, 0.3) is 0 Å². The van der Waals surface area contributed by atoms with Crippen LogP contribution in [0, 0.1) is 22.7 Å². The fourth-order valence-electron chi connectivity index (χ4n) is 1.32. The molecule has 80 valence electrons. The van der Waals surface area contributed by atoms with Crippen LogP contribution in [0.5, 0.6) is 0 Å². The summed E-state index contributed by atoms with van der Waals surface area (Å²) in [5.74, 6) is -0.303. The monoisotopic (exact) mass is 277 g/mol. The number of nitrogens with zero attached hydrogens (tertiary/aromatic N) is 2. The molecular formula is C11H8BrN3O. The first kappa shape index (κ1) is 12.2. The van der Waals surface area contributed by atoms with E-state index in [0.29, 0.717) is 27.6 Å². The summed E-state index contributed by atoms with van der Waals surface area (Å²) in [5.41, 5.74) is 1.60. The Morgan fingerprint density at radius 2 is 2.12 bits per heavy atom. The Morgan fingerprint density at radius 1 is 1.44 bits per heavy atom. The molecule has 0 heterocycles. The highest BCUT2D eigenvalue weighted by Gasteiger charge is 2.14. The molecule has 0 unspecified atom stereocenters. The van der Waals surface area contributed by atoms with Crippen LogP contribution in [0.3, 0.4) is 0 Å². The van der Waals surface area contributed by atoms with Gasteiger partial charge in [-0.1, -0.05) is 15.9 Å². The van der Waals surface area contributed by atoms with E-state index < -0.39 is 0 Å². The summed E-state index contributed by atoms with van der Waals surface area (Å²) < 4.78 is 0. The van der Waals surface area contributed by atoms with Gasteiger partial charge >= 0.3 is 0 Å². The van der Waals surface area contributed by atoms with E-state index in [0.717, 1.165) is 0 Å². The summed E-state index contributed by atoms with van der Waals surface area (Å²) in [5, 5.41) is 20.6. The van der Waals surface area contributed by atoms with E-state index in [4.69, 9.17) is 10.5 Å². The summed E-state index contributed by atoms with van der Waals surface area (Å²) in [6, 6.07) is 6.86. The molecule has 0 atom stereocenters. The zero-order chi connectivity index (χ0) is 12.1. The van der Waals surface area contributed by atoms with Crippen molar-refractivity contribution >= 4 is 21.8 Å². The molecule has 1 amide bonds. The maximum absolute atomic E-state index is 11.6. The number of nitriles is 2. The van der Waals surface area contributed by atoms with Gasteiger partial charge in [0.05, 0.1) is 23.3 Å². The van der Waals surface area contributed by atoms with E-state index in [2.05, 4.69) is 21.2 Å². The average molecular weight is 278 g/mol. The molecule has 0 radical (unpaired) electrons. The van der Waals surface area contributed by atoms with Crippen LogP contribution in [-0.2, 0) is 5.33 Å². The predicted octanol–water partition coefficient (Wildman–Crippen LogP) is 1.68. The second-order valence-corrected chi connectivity index (χ2v) is 3.55. The third-order valence-corrected chi connectivity index (χ3v) is 2.67. The molecule has 0 bridgehead atoms. The number of hydrogen-bond donors (Lipinski definition) is 1. The lowest BCUT2D eigenvalue weighted by molar-refractivity contribution is 0.0962. The van der Waals surface area contributed by atoms with Gasteiger partial charge in [-0.05, 0) is 17.7 Å². The topological polar surface area (TPSA) is 76.7 Å².